The van der Waals surface area contributed by atoms with Gasteiger partial charge >= 0.3 is 5.97 Å². The van der Waals surface area contributed by atoms with Crippen LogP contribution in [0.3, 0.4) is 0 Å². The van der Waals surface area contributed by atoms with E-state index in [1.165, 1.54) is 14.0 Å². The average Bonchev–Trinajstić information content (AvgIpc) is 2.54. The number of anilines is 2. The van der Waals surface area contributed by atoms with Crippen LogP contribution < -0.4 is 15.4 Å². The minimum absolute atomic E-state index is 0.127. The Morgan fingerprint density at radius 2 is 1.71 bits per heavy atom. The molecule has 1 aromatic rings. The zero-order valence-electron chi connectivity index (χ0n) is 13.8. The number of carboxylic acids is 1. The largest absolute Gasteiger partial charge is 0.495 e. The summed E-state index contributed by atoms with van der Waals surface area (Å²) in [7, 11) is 1.50. The minimum atomic E-state index is -0.788. The van der Waals surface area contributed by atoms with E-state index in [-0.39, 0.29) is 23.7 Å². The zero-order valence-corrected chi connectivity index (χ0v) is 13.8. The fraction of sp³-hybridized carbons (Fsp3) is 0.471. The van der Waals surface area contributed by atoms with Gasteiger partial charge in [0.1, 0.15) is 5.75 Å². The summed E-state index contributed by atoms with van der Waals surface area (Å²) in [5.74, 6) is -1.18. The highest BCUT2D eigenvalue weighted by molar-refractivity contribution is 5.95. The van der Waals surface area contributed by atoms with Gasteiger partial charge in [0.05, 0.1) is 18.7 Å². The molecule has 0 heterocycles. The van der Waals surface area contributed by atoms with E-state index < -0.39 is 5.97 Å². The second-order valence-electron chi connectivity index (χ2n) is 5.97. The van der Waals surface area contributed by atoms with Crippen molar-refractivity contribution in [3.63, 3.8) is 0 Å². The number of carbonyl (C=O) groups is 3. The molecular weight excluding hydrogens is 312 g/mol. The summed E-state index contributed by atoms with van der Waals surface area (Å²) in [6.45, 7) is 1.39. The smallest absolute Gasteiger partial charge is 0.306 e. The Hall–Kier alpha value is -2.57. The van der Waals surface area contributed by atoms with Crippen LogP contribution >= 0.6 is 0 Å². The maximum atomic E-state index is 12.4. The molecule has 0 atom stereocenters. The van der Waals surface area contributed by atoms with Gasteiger partial charge in [0.25, 0.3) is 0 Å². The fourth-order valence-electron chi connectivity index (χ4n) is 2.92. The van der Waals surface area contributed by atoms with E-state index in [0.717, 1.165) is 0 Å². The van der Waals surface area contributed by atoms with Gasteiger partial charge in [-0.1, -0.05) is 0 Å². The molecule has 2 amide bonds. The Morgan fingerprint density at radius 1 is 1.08 bits per heavy atom. The predicted molar refractivity (Wildman–Crippen MR) is 89.0 cm³/mol. The van der Waals surface area contributed by atoms with Gasteiger partial charge in [-0.25, -0.2) is 0 Å². The summed E-state index contributed by atoms with van der Waals surface area (Å²) in [4.78, 5) is 34.6. The Kier molecular flexibility index (Phi) is 5.78. The third-order valence-corrected chi connectivity index (χ3v) is 4.22. The molecule has 7 nitrogen and oxygen atoms in total. The molecule has 0 spiro atoms. The van der Waals surface area contributed by atoms with Crippen LogP contribution in [0.5, 0.6) is 5.75 Å². The number of benzene rings is 1. The summed E-state index contributed by atoms with van der Waals surface area (Å²) in [5, 5.41) is 14.5. The van der Waals surface area contributed by atoms with Crippen LogP contribution in [0.1, 0.15) is 32.6 Å². The number of hydrogen-bond donors (Lipinski definition) is 3. The molecule has 0 bridgehead atoms. The van der Waals surface area contributed by atoms with Crippen LogP contribution in [0.15, 0.2) is 18.2 Å². The number of rotatable bonds is 5. The van der Waals surface area contributed by atoms with E-state index in [1.54, 1.807) is 18.2 Å². The molecule has 0 unspecified atom stereocenters. The molecule has 1 aliphatic carbocycles. The summed E-state index contributed by atoms with van der Waals surface area (Å²) in [6.07, 6.45) is 2.18. The molecule has 0 aliphatic heterocycles. The van der Waals surface area contributed by atoms with E-state index in [2.05, 4.69) is 10.6 Å². The lowest BCUT2D eigenvalue weighted by Gasteiger charge is -2.25. The van der Waals surface area contributed by atoms with Crippen molar-refractivity contribution >= 4 is 29.2 Å². The van der Waals surface area contributed by atoms with Crippen LogP contribution in [0.4, 0.5) is 11.4 Å². The quantitative estimate of drug-likeness (QED) is 0.767. The monoisotopic (exact) mass is 334 g/mol. The Balaban J connectivity index is 2.01. The van der Waals surface area contributed by atoms with Gasteiger partial charge in [0.2, 0.25) is 11.8 Å². The number of carbonyl (C=O) groups excluding carboxylic acids is 2. The SMILES string of the molecule is COc1ccc(NC(=O)C2CCC(C(=O)O)CC2)cc1NC(C)=O. The van der Waals surface area contributed by atoms with Crippen LogP contribution in [-0.4, -0.2) is 30.0 Å². The molecule has 0 aromatic heterocycles. The number of aliphatic carboxylic acids is 1. The first-order valence-corrected chi connectivity index (χ1v) is 7.90. The van der Waals surface area contributed by atoms with Crippen LogP contribution in [0, 0.1) is 11.8 Å². The van der Waals surface area contributed by atoms with Crippen molar-refractivity contribution in [1.82, 2.24) is 0 Å². The summed E-state index contributed by atoms with van der Waals surface area (Å²) in [6, 6.07) is 5.01. The van der Waals surface area contributed by atoms with Gasteiger partial charge in [-0.05, 0) is 43.9 Å². The average molecular weight is 334 g/mol. The standard InChI is InChI=1S/C17H22N2O5/c1-10(20)18-14-9-13(7-8-15(14)24-2)19-16(21)11-3-5-12(6-4-11)17(22)23/h7-9,11-12H,3-6H2,1-2H3,(H,18,20)(H,19,21)(H,22,23). The maximum Gasteiger partial charge on any atom is 0.306 e. The van der Waals surface area contributed by atoms with Crippen molar-refractivity contribution < 1.29 is 24.2 Å². The molecule has 130 valence electrons. The van der Waals surface area contributed by atoms with Gasteiger partial charge in [-0.3, -0.25) is 14.4 Å². The normalized spacial score (nSPS) is 20.1. The first-order chi connectivity index (χ1) is 11.4. The van der Waals surface area contributed by atoms with Gasteiger partial charge < -0.3 is 20.5 Å². The van der Waals surface area contributed by atoms with Crippen molar-refractivity contribution in [2.24, 2.45) is 11.8 Å². The van der Waals surface area contributed by atoms with E-state index >= 15 is 0 Å². The van der Waals surface area contributed by atoms with Gasteiger partial charge in [-0.2, -0.15) is 0 Å². The topological polar surface area (TPSA) is 105 Å². The first-order valence-electron chi connectivity index (χ1n) is 7.90. The molecular formula is C17H22N2O5. The summed E-state index contributed by atoms with van der Waals surface area (Å²) >= 11 is 0. The van der Waals surface area contributed by atoms with E-state index in [1.807, 2.05) is 0 Å². The molecule has 2 rings (SSSR count). The molecule has 1 aromatic carbocycles. The number of hydrogen-bond acceptors (Lipinski definition) is 4. The van der Waals surface area contributed by atoms with Crippen LogP contribution in [0.2, 0.25) is 0 Å². The van der Waals surface area contributed by atoms with Crippen LogP contribution in [-0.2, 0) is 14.4 Å². The van der Waals surface area contributed by atoms with Crippen molar-refractivity contribution in [3.8, 4) is 5.75 Å². The summed E-state index contributed by atoms with van der Waals surface area (Å²) < 4.78 is 5.17. The molecule has 7 heteroatoms. The summed E-state index contributed by atoms with van der Waals surface area (Å²) in [5.41, 5.74) is 1.04. The third-order valence-electron chi connectivity index (χ3n) is 4.22. The Labute approximate surface area is 140 Å². The van der Waals surface area contributed by atoms with Crippen molar-refractivity contribution in [2.45, 2.75) is 32.6 Å². The molecule has 1 aliphatic rings. The zero-order chi connectivity index (χ0) is 17.7. The second kappa shape index (κ2) is 7.81. The number of nitrogens with one attached hydrogen (secondary N) is 2. The molecule has 0 saturated heterocycles. The highest BCUT2D eigenvalue weighted by atomic mass is 16.5. The maximum absolute atomic E-state index is 12.4. The Bertz CT molecular complexity index is 636. The fourth-order valence-corrected chi connectivity index (χ4v) is 2.92. The number of methoxy groups -OCH3 is 1. The lowest BCUT2D eigenvalue weighted by molar-refractivity contribution is -0.143. The first kappa shape index (κ1) is 17.8. The van der Waals surface area contributed by atoms with Gasteiger partial charge in [-0.15, -0.1) is 0 Å². The lowest BCUT2D eigenvalue weighted by atomic mass is 9.81. The van der Waals surface area contributed by atoms with Gasteiger partial charge in [0, 0.05) is 18.5 Å². The molecule has 0 radical (unpaired) electrons. The number of ether oxygens (including phenoxy) is 1. The van der Waals surface area contributed by atoms with E-state index in [4.69, 9.17) is 9.84 Å². The molecule has 24 heavy (non-hydrogen) atoms. The van der Waals surface area contributed by atoms with Crippen molar-refractivity contribution in [1.29, 1.82) is 0 Å². The van der Waals surface area contributed by atoms with Crippen LogP contribution in [0.25, 0.3) is 0 Å². The molecule has 1 fully saturated rings. The van der Waals surface area contributed by atoms with Gasteiger partial charge in [0.15, 0.2) is 0 Å². The highest BCUT2D eigenvalue weighted by Crippen LogP contribution is 2.31. The lowest BCUT2D eigenvalue weighted by Crippen LogP contribution is -2.29. The highest BCUT2D eigenvalue weighted by Gasteiger charge is 2.29. The predicted octanol–water partition coefficient (Wildman–Crippen LogP) is 2.48. The van der Waals surface area contributed by atoms with Crippen molar-refractivity contribution in [2.75, 3.05) is 17.7 Å². The Morgan fingerprint density at radius 3 is 2.25 bits per heavy atom. The van der Waals surface area contributed by atoms with E-state index in [9.17, 15) is 14.4 Å². The van der Waals surface area contributed by atoms with E-state index in [0.29, 0.717) is 42.8 Å². The van der Waals surface area contributed by atoms with Crippen molar-refractivity contribution in [3.05, 3.63) is 18.2 Å². The number of amides is 2. The minimum Gasteiger partial charge on any atom is -0.495 e. The molecule has 1 saturated carbocycles. The number of carboxylic acid groups (broad SMARTS) is 1. The third kappa shape index (κ3) is 4.47. The second-order valence-corrected chi connectivity index (χ2v) is 5.97. The molecule has 3 N–H and O–H groups in total.